The van der Waals surface area contributed by atoms with Gasteiger partial charge in [-0.3, -0.25) is 20.0 Å². The Labute approximate surface area is 264 Å². The van der Waals surface area contributed by atoms with E-state index in [0.717, 1.165) is 73.6 Å². The number of hydrogen-bond acceptors (Lipinski definition) is 9. The fraction of sp³-hybridized carbons (Fsp3) is 0.324. The van der Waals surface area contributed by atoms with Gasteiger partial charge in [-0.05, 0) is 88.3 Å². The molecule has 2 aliphatic rings. The summed E-state index contributed by atoms with van der Waals surface area (Å²) in [7, 11) is 0. The number of imidazole rings is 1. The molecule has 0 unspecified atom stereocenters. The Morgan fingerprint density at radius 2 is 1.72 bits per heavy atom. The van der Waals surface area contributed by atoms with Crippen molar-refractivity contribution in [3.8, 4) is 45.5 Å². The van der Waals surface area contributed by atoms with E-state index in [2.05, 4.69) is 35.4 Å². The van der Waals surface area contributed by atoms with Crippen LogP contribution in [-0.4, -0.2) is 85.5 Å². The fourth-order valence-electron chi connectivity index (χ4n) is 6.29. The van der Waals surface area contributed by atoms with Crippen molar-refractivity contribution >= 4 is 22.1 Å². The lowest BCUT2D eigenvalue weighted by Gasteiger charge is -2.23. The van der Waals surface area contributed by atoms with Gasteiger partial charge < -0.3 is 19.8 Å². The van der Waals surface area contributed by atoms with Gasteiger partial charge in [0.1, 0.15) is 41.1 Å². The maximum Gasteiger partial charge on any atom is 0.161 e. The summed E-state index contributed by atoms with van der Waals surface area (Å²) >= 11 is 0. The molecule has 0 atom stereocenters. The number of nitrogens with zero attached hydrogens (tertiary/aromatic N) is 6. The third-order valence-electron chi connectivity index (χ3n) is 8.65. The number of piperidine rings is 1. The Morgan fingerprint density at radius 3 is 2.61 bits per heavy atom. The van der Waals surface area contributed by atoms with Crippen LogP contribution in [0.5, 0.6) is 11.5 Å². The molecule has 6 aromatic rings. The molecule has 7 heterocycles. The lowest BCUT2D eigenvalue weighted by atomic mass is 10.1. The smallest absolute Gasteiger partial charge is 0.161 e. The minimum Gasteiger partial charge on any atom is -0.492 e. The highest BCUT2D eigenvalue weighted by Gasteiger charge is 2.19. The average molecular weight is 620 g/mol. The second kappa shape index (κ2) is 12.5. The van der Waals surface area contributed by atoms with Crippen LogP contribution in [0.25, 0.3) is 56.1 Å². The first-order chi connectivity index (χ1) is 22.7. The van der Waals surface area contributed by atoms with Gasteiger partial charge in [0.25, 0.3) is 0 Å². The predicted octanol–water partition coefficient (Wildman–Crippen LogP) is 5.37. The molecule has 1 aromatic carbocycles. The summed E-state index contributed by atoms with van der Waals surface area (Å²) in [6, 6.07) is 12.4. The zero-order chi connectivity index (χ0) is 30.9. The van der Waals surface area contributed by atoms with E-state index in [0.29, 0.717) is 46.2 Å². The number of rotatable bonds is 9. The molecule has 0 spiro atoms. The molecule has 8 rings (SSSR count). The monoisotopic (exact) mass is 619 g/mol. The van der Waals surface area contributed by atoms with Crippen molar-refractivity contribution in [2.75, 3.05) is 39.3 Å². The van der Waals surface area contributed by atoms with Crippen LogP contribution in [0, 0.1) is 5.82 Å². The van der Waals surface area contributed by atoms with Crippen LogP contribution < -0.4 is 14.8 Å². The van der Waals surface area contributed by atoms with E-state index in [1.54, 1.807) is 18.6 Å². The van der Waals surface area contributed by atoms with Crippen LogP contribution in [0.4, 0.5) is 4.39 Å². The van der Waals surface area contributed by atoms with Crippen molar-refractivity contribution in [3.05, 3.63) is 66.9 Å². The molecule has 0 bridgehead atoms. The summed E-state index contributed by atoms with van der Waals surface area (Å²) in [6.45, 7) is 5.41. The van der Waals surface area contributed by atoms with Crippen molar-refractivity contribution in [1.29, 1.82) is 0 Å². The summed E-state index contributed by atoms with van der Waals surface area (Å²) < 4.78 is 27.0. The van der Waals surface area contributed by atoms with Gasteiger partial charge >= 0.3 is 0 Å². The van der Waals surface area contributed by atoms with Gasteiger partial charge in [0, 0.05) is 36.1 Å². The van der Waals surface area contributed by atoms with E-state index in [4.69, 9.17) is 19.4 Å². The van der Waals surface area contributed by atoms with Crippen molar-refractivity contribution < 1.29 is 13.9 Å². The van der Waals surface area contributed by atoms with Crippen molar-refractivity contribution in [1.82, 2.24) is 45.3 Å². The Balaban J connectivity index is 1.08. The number of hydrogen-bond donors (Lipinski definition) is 3. The summed E-state index contributed by atoms with van der Waals surface area (Å²) in [5, 5.41) is 11.0. The standard InChI is InChI=1S/C34H34FN9O2/c35-23-15-21(16-25(18-23)45-14-13-44-11-1-2-12-44)30-31-28(7-10-38-30)40-34(41-31)33-32-29(42-43-33)4-3-27(39-32)22-17-26(20-37-19-22)46-24-5-8-36-9-6-24/h3-4,7,10,15-20,24,36H,1-2,5-6,8-9,11-14H2,(H,40,41)(H,42,43). The highest BCUT2D eigenvalue weighted by atomic mass is 19.1. The van der Waals surface area contributed by atoms with Crippen molar-refractivity contribution in [3.63, 3.8) is 0 Å². The van der Waals surface area contributed by atoms with Crippen molar-refractivity contribution in [2.24, 2.45) is 0 Å². The van der Waals surface area contributed by atoms with Gasteiger partial charge in [-0.25, -0.2) is 14.4 Å². The molecule has 5 aromatic heterocycles. The third-order valence-corrected chi connectivity index (χ3v) is 8.65. The molecule has 0 saturated carbocycles. The summed E-state index contributed by atoms with van der Waals surface area (Å²) in [6.07, 6.45) is 9.76. The van der Waals surface area contributed by atoms with Gasteiger partial charge in [-0.1, -0.05) is 0 Å². The molecule has 2 aliphatic heterocycles. The first kappa shape index (κ1) is 28.5. The predicted molar refractivity (Wildman–Crippen MR) is 173 cm³/mol. The van der Waals surface area contributed by atoms with Gasteiger partial charge in [-0.15, -0.1) is 0 Å². The number of benzene rings is 1. The molecule has 3 N–H and O–H groups in total. The molecular formula is C34H34FN9O2. The van der Waals surface area contributed by atoms with Crippen molar-refractivity contribution in [2.45, 2.75) is 31.8 Å². The molecule has 11 nitrogen and oxygen atoms in total. The number of nitrogens with one attached hydrogen (secondary N) is 3. The minimum atomic E-state index is -0.391. The maximum atomic E-state index is 14.8. The SMILES string of the molecule is Fc1cc(OCCN2CCCC2)cc(-c2nccc3[nH]c(-c4n[nH]c5ccc(-c6cncc(OC7CCNCC7)c6)nc45)nc23)c1. The summed E-state index contributed by atoms with van der Waals surface area (Å²) in [5.74, 6) is 1.34. The summed E-state index contributed by atoms with van der Waals surface area (Å²) in [4.78, 5) is 24.6. The van der Waals surface area contributed by atoms with Crippen LogP contribution >= 0.6 is 0 Å². The van der Waals surface area contributed by atoms with Crippen LogP contribution in [0.15, 0.2) is 61.1 Å². The number of ether oxygens (including phenoxy) is 2. The second-order valence-corrected chi connectivity index (χ2v) is 11.9. The van der Waals surface area contributed by atoms with E-state index in [1.807, 2.05) is 30.3 Å². The lowest BCUT2D eigenvalue weighted by molar-refractivity contribution is 0.162. The first-order valence-electron chi connectivity index (χ1n) is 15.9. The van der Waals surface area contributed by atoms with Gasteiger partial charge in [0.2, 0.25) is 0 Å². The van der Waals surface area contributed by atoms with E-state index in [1.165, 1.54) is 25.0 Å². The third kappa shape index (κ3) is 5.88. The lowest BCUT2D eigenvalue weighted by Crippen LogP contribution is -2.34. The Hall–Kier alpha value is -4.94. The zero-order valence-electron chi connectivity index (χ0n) is 25.3. The Morgan fingerprint density at radius 1 is 0.870 bits per heavy atom. The van der Waals surface area contributed by atoms with Gasteiger partial charge in [0.05, 0.1) is 28.6 Å². The Kier molecular flexibility index (Phi) is 7.72. The number of aromatic amines is 2. The molecule has 46 heavy (non-hydrogen) atoms. The zero-order valence-corrected chi connectivity index (χ0v) is 25.3. The highest BCUT2D eigenvalue weighted by molar-refractivity contribution is 5.95. The van der Waals surface area contributed by atoms with Crippen LogP contribution in [-0.2, 0) is 0 Å². The Bertz CT molecular complexity index is 2000. The molecule has 0 radical (unpaired) electrons. The van der Waals surface area contributed by atoms with Gasteiger partial charge in [-0.2, -0.15) is 5.10 Å². The molecule has 2 fully saturated rings. The van der Waals surface area contributed by atoms with E-state index >= 15 is 0 Å². The molecule has 12 heteroatoms. The summed E-state index contributed by atoms with van der Waals surface area (Å²) in [5.41, 5.74) is 6.09. The highest BCUT2D eigenvalue weighted by Crippen LogP contribution is 2.33. The van der Waals surface area contributed by atoms with Crippen LogP contribution in [0.3, 0.4) is 0 Å². The average Bonchev–Trinajstić information content (AvgIpc) is 3.85. The molecule has 0 amide bonds. The molecule has 2 saturated heterocycles. The number of aromatic nitrogens is 7. The van der Waals surface area contributed by atoms with E-state index in [9.17, 15) is 4.39 Å². The quantitative estimate of drug-likeness (QED) is 0.196. The first-order valence-corrected chi connectivity index (χ1v) is 15.9. The van der Waals surface area contributed by atoms with Gasteiger partial charge in [0.15, 0.2) is 11.5 Å². The largest absolute Gasteiger partial charge is 0.492 e. The van der Waals surface area contributed by atoms with Crippen LogP contribution in [0.2, 0.25) is 0 Å². The maximum absolute atomic E-state index is 14.8. The number of likely N-dealkylation sites (tertiary alicyclic amines) is 1. The van der Waals surface area contributed by atoms with E-state index in [-0.39, 0.29) is 6.10 Å². The fourth-order valence-corrected chi connectivity index (χ4v) is 6.29. The normalized spacial score (nSPS) is 16.0. The van der Waals surface area contributed by atoms with Crippen LogP contribution in [0.1, 0.15) is 25.7 Å². The number of pyridine rings is 3. The number of fused-ring (bicyclic) bond motifs is 2. The molecule has 234 valence electrons. The topological polar surface area (TPSA) is 130 Å². The molecular weight excluding hydrogens is 585 g/mol. The minimum absolute atomic E-state index is 0.174. The molecule has 0 aliphatic carbocycles. The van der Waals surface area contributed by atoms with E-state index < -0.39 is 5.82 Å². The number of H-pyrrole nitrogens is 2. The second-order valence-electron chi connectivity index (χ2n) is 11.9. The number of halogens is 1.